The van der Waals surface area contributed by atoms with E-state index in [1.165, 1.54) is 16.3 Å². The van der Waals surface area contributed by atoms with Crippen molar-refractivity contribution in [3.63, 3.8) is 0 Å². The van der Waals surface area contributed by atoms with Gasteiger partial charge in [-0.3, -0.25) is 4.57 Å². The van der Waals surface area contributed by atoms with Crippen LogP contribution in [-0.4, -0.2) is 51.7 Å². The predicted molar refractivity (Wildman–Crippen MR) is 108 cm³/mol. The molecule has 2 aliphatic heterocycles. The van der Waals surface area contributed by atoms with E-state index in [9.17, 15) is 15.0 Å². The number of nitrogens with zero attached hydrogens (tertiary/aromatic N) is 3. The summed E-state index contributed by atoms with van der Waals surface area (Å²) in [6.45, 7) is 5.79. The van der Waals surface area contributed by atoms with Crippen molar-refractivity contribution in [2.75, 3.05) is 29.9 Å². The molecule has 2 aromatic rings. The number of ether oxygens (including phenoxy) is 1. The first-order chi connectivity index (χ1) is 13.5. The first-order valence-electron chi connectivity index (χ1n) is 9.45. The molecular formula is C19H24N4O4S. The number of aliphatic hydroxyl groups is 2. The lowest BCUT2D eigenvalue weighted by Crippen LogP contribution is -2.29. The Morgan fingerprint density at radius 1 is 1.36 bits per heavy atom. The van der Waals surface area contributed by atoms with Crippen LogP contribution in [0.4, 0.5) is 17.2 Å². The summed E-state index contributed by atoms with van der Waals surface area (Å²) >= 11 is 1.54. The maximum atomic E-state index is 12.5. The molecule has 1 aromatic heterocycles. The lowest BCUT2D eigenvalue weighted by Gasteiger charge is -2.25. The fourth-order valence-corrected chi connectivity index (χ4v) is 4.56. The molecule has 8 nitrogen and oxygen atoms in total. The van der Waals surface area contributed by atoms with Crippen molar-refractivity contribution in [3.8, 4) is 0 Å². The number of fused-ring (bicyclic) bond motifs is 2. The summed E-state index contributed by atoms with van der Waals surface area (Å²) in [6.07, 6.45) is -0.167. The van der Waals surface area contributed by atoms with E-state index in [0.29, 0.717) is 5.82 Å². The van der Waals surface area contributed by atoms with Gasteiger partial charge in [-0.15, -0.1) is 0 Å². The number of hydrogen-bond acceptors (Lipinski definition) is 8. The highest BCUT2D eigenvalue weighted by atomic mass is 32.2. The lowest BCUT2D eigenvalue weighted by atomic mass is 10.2. The van der Waals surface area contributed by atoms with Crippen molar-refractivity contribution in [1.29, 1.82) is 0 Å². The average molecular weight is 404 g/mol. The third-order valence-corrected chi connectivity index (χ3v) is 6.27. The van der Waals surface area contributed by atoms with E-state index in [1.807, 2.05) is 0 Å². The Morgan fingerprint density at radius 2 is 2.14 bits per heavy atom. The molecule has 0 spiro atoms. The largest absolute Gasteiger partial charge is 0.394 e. The topological polar surface area (TPSA) is 99.9 Å². The lowest BCUT2D eigenvalue weighted by molar-refractivity contribution is -0.0460. The number of anilines is 3. The second kappa shape index (κ2) is 7.75. The fourth-order valence-electron chi connectivity index (χ4n) is 3.61. The molecule has 2 aliphatic rings. The molecule has 0 saturated carbocycles. The van der Waals surface area contributed by atoms with Crippen molar-refractivity contribution in [2.24, 2.45) is 0 Å². The SMILES string of the molecule is CCN(CC)c1ccc2c(c1)Nc1nc(=O)n([C@H]3C[C@@H](O)C(CO)O3)cc1S2. The molecule has 0 aliphatic carbocycles. The van der Waals surface area contributed by atoms with Crippen molar-refractivity contribution >= 4 is 29.0 Å². The first-order valence-corrected chi connectivity index (χ1v) is 10.3. The van der Waals surface area contributed by atoms with Crippen molar-refractivity contribution < 1.29 is 14.9 Å². The second-order valence-electron chi connectivity index (χ2n) is 6.84. The van der Waals surface area contributed by atoms with Gasteiger partial charge >= 0.3 is 5.69 Å². The Labute approximate surface area is 167 Å². The third-order valence-electron chi connectivity index (χ3n) is 5.18. The van der Waals surface area contributed by atoms with E-state index in [0.717, 1.165) is 34.3 Å². The van der Waals surface area contributed by atoms with Crippen LogP contribution in [0.15, 0.2) is 39.0 Å². The Bertz CT molecular complexity index is 931. The van der Waals surface area contributed by atoms with Crippen LogP contribution in [0, 0.1) is 0 Å². The molecular weight excluding hydrogens is 380 g/mol. The first kappa shape index (κ1) is 19.3. The van der Waals surface area contributed by atoms with Gasteiger partial charge in [0.1, 0.15) is 12.3 Å². The number of rotatable bonds is 5. The Balaban J connectivity index is 1.63. The van der Waals surface area contributed by atoms with Crippen LogP contribution in [0.5, 0.6) is 0 Å². The van der Waals surface area contributed by atoms with E-state index in [-0.39, 0.29) is 13.0 Å². The average Bonchev–Trinajstić information content (AvgIpc) is 3.07. The zero-order valence-electron chi connectivity index (χ0n) is 15.8. The minimum absolute atomic E-state index is 0.244. The minimum Gasteiger partial charge on any atom is -0.394 e. The molecule has 0 amide bonds. The molecule has 0 radical (unpaired) electrons. The third kappa shape index (κ3) is 3.39. The molecule has 1 fully saturated rings. The summed E-state index contributed by atoms with van der Waals surface area (Å²) in [6, 6.07) is 6.24. The van der Waals surface area contributed by atoms with Crippen molar-refractivity contribution in [1.82, 2.24) is 9.55 Å². The van der Waals surface area contributed by atoms with Gasteiger partial charge in [-0.05, 0) is 32.0 Å². The summed E-state index contributed by atoms with van der Waals surface area (Å²) in [5.41, 5.74) is 1.60. The Morgan fingerprint density at radius 3 is 2.82 bits per heavy atom. The van der Waals surface area contributed by atoms with Gasteiger partial charge in [0.05, 0.1) is 23.3 Å². The molecule has 1 saturated heterocycles. The smallest absolute Gasteiger partial charge is 0.351 e. The molecule has 9 heteroatoms. The quantitative estimate of drug-likeness (QED) is 0.593. The highest BCUT2D eigenvalue weighted by Crippen LogP contribution is 2.44. The van der Waals surface area contributed by atoms with Gasteiger partial charge in [0.25, 0.3) is 0 Å². The molecule has 1 aromatic carbocycles. The van der Waals surface area contributed by atoms with Gasteiger partial charge < -0.3 is 25.2 Å². The van der Waals surface area contributed by atoms with Gasteiger partial charge in [0.2, 0.25) is 0 Å². The maximum Gasteiger partial charge on any atom is 0.351 e. The molecule has 0 bridgehead atoms. The number of aromatic nitrogens is 2. The molecule has 150 valence electrons. The molecule has 4 rings (SSSR count). The molecule has 1 unspecified atom stereocenters. The van der Waals surface area contributed by atoms with Gasteiger partial charge in [0, 0.05) is 36.3 Å². The summed E-state index contributed by atoms with van der Waals surface area (Å²) < 4.78 is 7.00. The highest BCUT2D eigenvalue weighted by Gasteiger charge is 2.35. The summed E-state index contributed by atoms with van der Waals surface area (Å²) in [4.78, 5) is 20.8. The number of aliphatic hydroxyl groups excluding tert-OH is 2. The second-order valence-corrected chi connectivity index (χ2v) is 7.92. The summed E-state index contributed by atoms with van der Waals surface area (Å²) in [5.74, 6) is 0.521. The normalized spacial score (nSPS) is 23.1. The number of hydrogen-bond donors (Lipinski definition) is 3. The van der Waals surface area contributed by atoms with Gasteiger partial charge in [-0.25, -0.2) is 4.79 Å². The zero-order valence-corrected chi connectivity index (χ0v) is 16.6. The molecule has 3 atom stereocenters. The van der Waals surface area contributed by atoms with Crippen molar-refractivity contribution in [2.45, 2.75) is 48.5 Å². The van der Waals surface area contributed by atoms with E-state index in [1.54, 1.807) is 6.20 Å². The van der Waals surface area contributed by atoms with E-state index in [4.69, 9.17) is 4.74 Å². The van der Waals surface area contributed by atoms with Crippen LogP contribution in [0.3, 0.4) is 0 Å². The van der Waals surface area contributed by atoms with E-state index < -0.39 is 24.1 Å². The Hall–Kier alpha value is -2.07. The molecule has 3 heterocycles. The molecule has 3 N–H and O–H groups in total. The van der Waals surface area contributed by atoms with Crippen LogP contribution in [-0.2, 0) is 4.74 Å². The highest BCUT2D eigenvalue weighted by molar-refractivity contribution is 7.99. The number of benzene rings is 1. The van der Waals surface area contributed by atoms with E-state index >= 15 is 0 Å². The summed E-state index contributed by atoms with van der Waals surface area (Å²) in [7, 11) is 0. The monoisotopic (exact) mass is 404 g/mol. The van der Waals surface area contributed by atoms with Crippen LogP contribution in [0.1, 0.15) is 26.5 Å². The molecule has 28 heavy (non-hydrogen) atoms. The predicted octanol–water partition coefficient (Wildman–Crippen LogP) is 1.94. The Kier molecular flexibility index (Phi) is 5.33. The maximum absolute atomic E-state index is 12.5. The van der Waals surface area contributed by atoms with Crippen LogP contribution >= 0.6 is 11.8 Å². The zero-order chi connectivity index (χ0) is 19.8. The summed E-state index contributed by atoms with van der Waals surface area (Å²) in [5, 5.41) is 22.5. The van der Waals surface area contributed by atoms with Crippen LogP contribution in [0.25, 0.3) is 0 Å². The minimum atomic E-state index is -0.803. The fraction of sp³-hybridized carbons (Fsp3) is 0.474. The van der Waals surface area contributed by atoms with Gasteiger partial charge in [-0.1, -0.05) is 11.8 Å². The number of nitrogens with one attached hydrogen (secondary N) is 1. The van der Waals surface area contributed by atoms with Crippen molar-refractivity contribution in [3.05, 3.63) is 34.9 Å². The van der Waals surface area contributed by atoms with Gasteiger partial charge in [-0.2, -0.15) is 4.98 Å². The van der Waals surface area contributed by atoms with Crippen LogP contribution < -0.4 is 15.9 Å². The standard InChI is InChI=1S/C19H24N4O4S/c1-3-22(4-2)11-5-6-15-12(7-11)20-18-16(28-15)9-23(19(26)21-18)17-8-13(25)14(10-24)27-17/h5-7,9,13-14,17,24-25H,3-4,8,10H2,1-2H3,(H,20,21,26)/t13-,14?,17-/m1/s1. The van der Waals surface area contributed by atoms with E-state index in [2.05, 4.69) is 47.2 Å². The van der Waals surface area contributed by atoms with Gasteiger partial charge in [0.15, 0.2) is 5.82 Å². The van der Waals surface area contributed by atoms with Crippen LogP contribution in [0.2, 0.25) is 0 Å².